The summed E-state index contributed by atoms with van der Waals surface area (Å²) in [6.45, 7) is 0.498. The molecule has 3 aromatic rings. The van der Waals surface area contributed by atoms with Gasteiger partial charge in [0.2, 0.25) is 0 Å². The molecule has 2 heterocycles. The van der Waals surface area contributed by atoms with Gasteiger partial charge in [-0.2, -0.15) is 0 Å². The van der Waals surface area contributed by atoms with E-state index in [2.05, 4.69) is 15.3 Å². The summed E-state index contributed by atoms with van der Waals surface area (Å²) in [5.74, 6) is -0.189. The van der Waals surface area contributed by atoms with Crippen LogP contribution in [0.3, 0.4) is 0 Å². The number of aromatic nitrogens is 3. The summed E-state index contributed by atoms with van der Waals surface area (Å²) in [6, 6.07) is 7.15. The standard InChI is InChI=1S/C16H16N4O2/c1-20-9-14(12-4-2-3-5-13(12)16(20)22)15(21)18-7-6-11-8-17-10-19-11/h2-5,8-10H,6-7H2,1H3,(H,17,19)(H,18,21). The Hall–Kier alpha value is -2.89. The van der Waals surface area contributed by atoms with Gasteiger partial charge in [0.25, 0.3) is 11.5 Å². The number of nitrogens with zero attached hydrogens (tertiary/aromatic N) is 2. The zero-order valence-electron chi connectivity index (χ0n) is 12.2. The highest BCUT2D eigenvalue weighted by Crippen LogP contribution is 2.14. The number of aromatic amines is 1. The molecule has 0 aliphatic rings. The highest BCUT2D eigenvalue weighted by molar-refractivity contribution is 6.06. The number of benzene rings is 1. The summed E-state index contributed by atoms with van der Waals surface area (Å²) < 4.78 is 1.44. The van der Waals surface area contributed by atoms with Crippen molar-refractivity contribution in [1.29, 1.82) is 0 Å². The van der Waals surface area contributed by atoms with Gasteiger partial charge in [-0.3, -0.25) is 9.59 Å². The van der Waals surface area contributed by atoms with E-state index in [0.717, 1.165) is 5.69 Å². The second-order valence-electron chi connectivity index (χ2n) is 5.09. The summed E-state index contributed by atoms with van der Waals surface area (Å²) in [5, 5.41) is 4.09. The molecule has 1 amide bonds. The smallest absolute Gasteiger partial charge is 0.258 e. The molecular weight excluding hydrogens is 280 g/mol. The number of H-pyrrole nitrogens is 1. The third-order valence-electron chi connectivity index (χ3n) is 3.57. The van der Waals surface area contributed by atoms with E-state index in [4.69, 9.17) is 0 Å². The van der Waals surface area contributed by atoms with Crippen molar-refractivity contribution in [3.63, 3.8) is 0 Å². The molecule has 0 aliphatic heterocycles. The highest BCUT2D eigenvalue weighted by Gasteiger charge is 2.13. The first-order chi connectivity index (χ1) is 10.7. The molecule has 0 fully saturated rings. The van der Waals surface area contributed by atoms with Crippen molar-refractivity contribution < 1.29 is 4.79 Å². The number of fused-ring (bicyclic) bond motifs is 1. The molecule has 0 atom stereocenters. The second kappa shape index (κ2) is 5.85. The zero-order chi connectivity index (χ0) is 15.5. The number of imidazole rings is 1. The molecule has 3 rings (SSSR count). The molecular formula is C16H16N4O2. The number of amides is 1. The third-order valence-corrected chi connectivity index (χ3v) is 3.57. The Kier molecular flexibility index (Phi) is 3.74. The van der Waals surface area contributed by atoms with Gasteiger partial charge in [0.1, 0.15) is 0 Å². The lowest BCUT2D eigenvalue weighted by Gasteiger charge is -2.09. The Labute approximate surface area is 126 Å². The minimum atomic E-state index is -0.189. The van der Waals surface area contributed by atoms with Crippen LogP contribution in [0.1, 0.15) is 16.1 Å². The van der Waals surface area contributed by atoms with Crippen LogP contribution in [0.25, 0.3) is 10.8 Å². The van der Waals surface area contributed by atoms with Gasteiger partial charge in [0, 0.05) is 48.9 Å². The molecule has 0 saturated heterocycles. The minimum Gasteiger partial charge on any atom is -0.352 e. The molecule has 0 unspecified atom stereocenters. The first-order valence-electron chi connectivity index (χ1n) is 7.00. The lowest BCUT2D eigenvalue weighted by atomic mass is 10.1. The number of aryl methyl sites for hydroxylation is 1. The Morgan fingerprint density at radius 3 is 2.82 bits per heavy atom. The number of carbonyl (C=O) groups excluding carboxylic acids is 1. The molecule has 6 heteroatoms. The Morgan fingerprint density at radius 1 is 1.32 bits per heavy atom. The van der Waals surface area contributed by atoms with Crippen molar-refractivity contribution in [2.75, 3.05) is 6.54 Å². The average molecular weight is 296 g/mol. The molecule has 22 heavy (non-hydrogen) atoms. The van der Waals surface area contributed by atoms with Crippen LogP contribution in [0.15, 0.2) is 47.8 Å². The first-order valence-corrected chi connectivity index (χ1v) is 7.00. The number of carbonyl (C=O) groups is 1. The van der Waals surface area contributed by atoms with Gasteiger partial charge in [-0.1, -0.05) is 18.2 Å². The van der Waals surface area contributed by atoms with E-state index in [-0.39, 0.29) is 11.5 Å². The predicted octanol–water partition coefficient (Wildman–Crippen LogP) is 1.23. The average Bonchev–Trinajstić information content (AvgIpc) is 3.04. The number of hydrogen-bond donors (Lipinski definition) is 2. The fraction of sp³-hybridized carbons (Fsp3) is 0.188. The molecule has 0 saturated carbocycles. The Balaban J connectivity index is 1.84. The summed E-state index contributed by atoms with van der Waals surface area (Å²) in [4.78, 5) is 31.4. The largest absolute Gasteiger partial charge is 0.352 e. The van der Waals surface area contributed by atoms with Crippen molar-refractivity contribution >= 4 is 16.7 Å². The Morgan fingerprint density at radius 2 is 2.09 bits per heavy atom. The van der Waals surface area contributed by atoms with Crippen LogP contribution >= 0.6 is 0 Å². The van der Waals surface area contributed by atoms with E-state index in [1.54, 1.807) is 44.0 Å². The van der Waals surface area contributed by atoms with Gasteiger partial charge < -0.3 is 14.9 Å². The van der Waals surface area contributed by atoms with Crippen molar-refractivity contribution in [1.82, 2.24) is 19.9 Å². The summed E-state index contributed by atoms with van der Waals surface area (Å²) in [5.41, 5.74) is 1.36. The number of nitrogens with one attached hydrogen (secondary N) is 2. The van der Waals surface area contributed by atoms with E-state index in [1.807, 2.05) is 6.07 Å². The lowest BCUT2D eigenvalue weighted by molar-refractivity contribution is 0.0955. The lowest BCUT2D eigenvalue weighted by Crippen LogP contribution is -2.28. The predicted molar refractivity (Wildman–Crippen MR) is 83.8 cm³/mol. The fourth-order valence-corrected chi connectivity index (χ4v) is 2.42. The number of rotatable bonds is 4. The van der Waals surface area contributed by atoms with Gasteiger partial charge in [-0.25, -0.2) is 4.98 Å². The highest BCUT2D eigenvalue weighted by atomic mass is 16.2. The summed E-state index contributed by atoms with van der Waals surface area (Å²) >= 11 is 0. The zero-order valence-corrected chi connectivity index (χ0v) is 12.2. The minimum absolute atomic E-state index is 0.107. The number of pyridine rings is 1. The van der Waals surface area contributed by atoms with Crippen LogP contribution in [0.4, 0.5) is 0 Å². The van der Waals surface area contributed by atoms with Gasteiger partial charge in [-0.15, -0.1) is 0 Å². The van der Waals surface area contributed by atoms with Crippen molar-refractivity contribution in [3.8, 4) is 0 Å². The second-order valence-corrected chi connectivity index (χ2v) is 5.09. The molecule has 2 N–H and O–H groups in total. The molecule has 0 bridgehead atoms. The van der Waals surface area contributed by atoms with Crippen molar-refractivity contribution in [3.05, 3.63) is 64.6 Å². The van der Waals surface area contributed by atoms with Crippen LogP contribution < -0.4 is 10.9 Å². The van der Waals surface area contributed by atoms with E-state index in [0.29, 0.717) is 29.3 Å². The van der Waals surface area contributed by atoms with E-state index in [1.165, 1.54) is 4.57 Å². The van der Waals surface area contributed by atoms with Gasteiger partial charge >= 0.3 is 0 Å². The fourth-order valence-electron chi connectivity index (χ4n) is 2.42. The van der Waals surface area contributed by atoms with Crippen molar-refractivity contribution in [2.45, 2.75) is 6.42 Å². The van der Waals surface area contributed by atoms with Crippen LogP contribution in [-0.2, 0) is 13.5 Å². The van der Waals surface area contributed by atoms with Gasteiger partial charge in [0.15, 0.2) is 0 Å². The SMILES string of the molecule is Cn1cc(C(=O)NCCc2cnc[nH]2)c2ccccc2c1=O. The van der Waals surface area contributed by atoms with Crippen LogP contribution in [0.5, 0.6) is 0 Å². The van der Waals surface area contributed by atoms with E-state index in [9.17, 15) is 9.59 Å². The maximum Gasteiger partial charge on any atom is 0.258 e. The first kappa shape index (κ1) is 14.1. The van der Waals surface area contributed by atoms with E-state index < -0.39 is 0 Å². The van der Waals surface area contributed by atoms with Crippen LogP contribution in [-0.4, -0.2) is 27.0 Å². The van der Waals surface area contributed by atoms with E-state index >= 15 is 0 Å². The van der Waals surface area contributed by atoms with Gasteiger partial charge in [-0.05, 0) is 6.07 Å². The van der Waals surface area contributed by atoms with Crippen molar-refractivity contribution in [2.24, 2.45) is 7.05 Å². The number of hydrogen-bond acceptors (Lipinski definition) is 3. The van der Waals surface area contributed by atoms with Crippen LogP contribution in [0, 0.1) is 0 Å². The summed E-state index contributed by atoms with van der Waals surface area (Å²) in [6.07, 6.45) is 5.59. The molecule has 0 radical (unpaired) electrons. The third kappa shape index (κ3) is 2.63. The Bertz CT molecular complexity index is 865. The molecule has 1 aromatic carbocycles. The molecule has 0 spiro atoms. The molecule has 6 nitrogen and oxygen atoms in total. The van der Waals surface area contributed by atoms with Gasteiger partial charge in [0.05, 0.1) is 11.9 Å². The van der Waals surface area contributed by atoms with Crippen LogP contribution in [0.2, 0.25) is 0 Å². The monoisotopic (exact) mass is 296 g/mol. The maximum absolute atomic E-state index is 12.4. The molecule has 2 aromatic heterocycles. The topological polar surface area (TPSA) is 79.8 Å². The quantitative estimate of drug-likeness (QED) is 0.760. The molecule has 112 valence electrons. The normalized spacial score (nSPS) is 10.8. The summed E-state index contributed by atoms with van der Waals surface area (Å²) in [7, 11) is 1.65. The molecule has 0 aliphatic carbocycles. The maximum atomic E-state index is 12.4.